The monoisotopic (exact) mass is 235 g/mol. The maximum atomic E-state index is 5.84. The molecule has 1 aromatic rings. The van der Waals surface area contributed by atoms with Gasteiger partial charge in [-0.15, -0.1) is 0 Å². The molecule has 1 N–H and O–H groups in total. The van der Waals surface area contributed by atoms with Crippen molar-refractivity contribution in [3.05, 3.63) is 18.1 Å². The minimum absolute atomic E-state index is 0.143. The van der Waals surface area contributed by atoms with Crippen LogP contribution in [0.2, 0.25) is 0 Å². The number of nitrogens with one attached hydrogen (secondary N) is 1. The molecule has 5 heteroatoms. The Morgan fingerprint density at radius 2 is 2.35 bits per heavy atom. The highest BCUT2D eigenvalue weighted by Crippen LogP contribution is 2.22. The molecule has 0 aromatic carbocycles. The third-order valence-corrected chi connectivity index (χ3v) is 3.07. The highest BCUT2D eigenvalue weighted by molar-refractivity contribution is 5.22. The summed E-state index contributed by atoms with van der Waals surface area (Å²) < 4.78 is 11.1. The van der Waals surface area contributed by atoms with Gasteiger partial charge in [-0.25, -0.2) is 9.97 Å². The van der Waals surface area contributed by atoms with Crippen LogP contribution in [0.5, 0.6) is 5.88 Å². The topological polar surface area (TPSA) is 56.3 Å². The van der Waals surface area contributed by atoms with E-state index < -0.39 is 0 Å². The van der Waals surface area contributed by atoms with Crippen LogP contribution < -0.4 is 10.1 Å². The average molecular weight is 235 g/mol. The Bertz CT molecular complexity index is 376. The van der Waals surface area contributed by atoms with Gasteiger partial charge in [-0.3, -0.25) is 0 Å². The average Bonchev–Trinajstić information content (AvgIpc) is 3.05. The van der Waals surface area contributed by atoms with Crippen molar-refractivity contribution in [2.24, 2.45) is 0 Å². The van der Waals surface area contributed by atoms with Gasteiger partial charge < -0.3 is 14.8 Å². The summed E-state index contributed by atoms with van der Waals surface area (Å²) in [5, 5.41) is 3.45. The fourth-order valence-electron chi connectivity index (χ4n) is 1.88. The fourth-order valence-corrected chi connectivity index (χ4v) is 1.88. The van der Waals surface area contributed by atoms with Gasteiger partial charge in [-0.2, -0.15) is 0 Å². The van der Waals surface area contributed by atoms with Crippen LogP contribution in [0.1, 0.15) is 24.8 Å². The van der Waals surface area contributed by atoms with Crippen LogP contribution in [-0.4, -0.2) is 35.3 Å². The number of ether oxygens (including phenoxy) is 2. The Kier molecular flexibility index (Phi) is 3.20. The van der Waals surface area contributed by atoms with Crippen molar-refractivity contribution in [3.63, 3.8) is 0 Å². The van der Waals surface area contributed by atoms with E-state index in [-0.39, 0.29) is 6.10 Å². The number of aromatic nitrogens is 2. The normalized spacial score (nSPS) is 23.9. The number of nitrogens with zero attached hydrogens (tertiary/aromatic N) is 2. The second kappa shape index (κ2) is 4.98. The molecule has 0 amide bonds. The molecule has 1 aliphatic heterocycles. The van der Waals surface area contributed by atoms with E-state index in [2.05, 4.69) is 15.3 Å². The fraction of sp³-hybridized carbons (Fsp3) is 0.667. The van der Waals surface area contributed by atoms with Gasteiger partial charge in [0.05, 0.1) is 13.2 Å². The van der Waals surface area contributed by atoms with Crippen molar-refractivity contribution in [3.8, 4) is 5.88 Å². The molecular weight excluding hydrogens is 218 g/mol. The minimum atomic E-state index is 0.143. The van der Waals surface area contributed by atoms with Gasteiger partial charge in [0.15, 0.2) is 0 Å². The van der Waals surface area contributed by atoms with E-state index in [1.165, 1.54) is 19.2 Å². The Balaban J connectivity index is 1.63. The lowest BCUT2D eigenvalue weighted by Gasteiger charge is -2.14. The summed E-state index contributed by atoms with van der Waals surface area (Å²) in [5.74, 6) is 0.698. The molecule has 0 spiro atoms. The predicted molar refractivity (Wildman–Crippen MR) is 61.7 cm³/mol. The third-order valence-electron chi connectivity index (χ3n) is 3.07. The summed E-state index contributed by atoms with van der Waals surface area (Å²) in [6.45, 7) is 2.24. The van der Waals surface area contributed by atoms with Crippen molar-refractivity contribution in [1.82, 2.24) is 15.3 Å². The zero-order valence-electron chi connectivity index (χ0n) is 9.76. The molecule has 1 unspecified atom stereocenters. The van der Waals surface area contributed by atoms with E-state index >= 15 is 0 Å². The quantitative estimate of drug-likeness (QED) is 0.821. The van der Waals surface area contributed by atoms with E-state index in [0.717, 1.165) is 25.1 Å². The minimum Gasteiger partial charge on any atom is -0.471 e. The molecule has 2 aliphatic rings. The van der Waals surface area contributed by atoms with Crippen molar-refractivity contribution >= 4 is 0 Å². The maximum Gasteiger partial charge on any atom is 0.221 e. The molecule has 1 aliphatic carbocycles. The first kappa shape index (κ1) is 10.9. The van der Waals surface area contributed by atoms with Crippen LogP contribution >= 0.6 is 0 Å². The van der Waals surface area contributed by atoms with Crippen LogP contribution in [0.3, 0.4) is 0 Å². The van der Waals surface area contributed by atoms with Gasteiger partial charge in [0.25, 0.3) is 0 Å². The van der Waals surface area contributed by atoms with Crippen LogP contribution in [0.4, 0.5) is 0 Å². The smallest absolute Gasteiger partial charge is 0.221 e. The summed E-state index contributed by atoms with van der Waals surface area (Å²) in [7, 11) is 0. The lowest BCUT2D eigenvalue weighted by molar-refractivity contribution is 0.137. The summed E-state index contributed by atoms with van der Waals surface area (Å²) in [6, 6.07) is 0.679. The Morgan fingerprint density at radius 1 is 1.41 bits per heavy atom. The summed E-state index contributed by atoms with van der Waals surface area (Å²) in [4.78, 5) is 8.27. The van der Waals surface area contributed by atoms with Crippen LogP contribution in [0, 0.1) is 0 Å². The van der Waals surface area contributed by atoms with Crippen molar-refractivity contribution < 1.29 is 9.47 Å². The molecule has 0 bridgehead atoms. The summed E-state index contributed by atoms with van der Waals surface area (Å²) in [6.07, 6.45) is 7.00. The largest absolute Gasteiger partial charge is 0.471 e. The first-order valence-electron chi connectivity index (χ1n) is 6.18. The molecule has 5 nitrogen and oxygen atoms in total. The standard InChI is InChI=1S/C12H17N3O2/c1-2-10(1)14-6-9-5-13-8-15-12(9)17-11-3-4-16-7-11/h5,8,10-11,14H,1-4,6-7H2. The van der Waals surface area contributed by atoms with E-state index in [9.17, 15) is 0 Å². The number of hydrogen-bond donors (Lipinski definition) is 1. The predicted octanol–water partition coefficient (Wildman–Crippen LogP) is 0.896. The second-order valence-corrected chi connectivity index (χ2v) is 4.61. The van der Waals surface area contributed by atoms with E-state index in [1.54, 1.807) is 0 Å². The highest BCUT2D eigenvalue weighted by Gasteiger charge is 2.22. The van der Waals surface area contributed by atoms with Gasteiger partial charge in [0.1, 0.15) is 12.4 Å². The first-order valence-corrected chi connectivity index (χ1v) is 6.18. The maximum absolute atomic E-state index is 5.84. The summed E-state index contributed by atoms with van der Waals surface area (Å²) in [5.41, 5.74) is 1.03. The Labute approximate surface area is 101 Å². The zero-order chi connectivity index (χ0) is 11.5. The molecule has 2 heterocycles. The molecule has 1 saturated heterocycles. The third kappa shape index (κ3) is 2.92. The Hall–Kier alpha value is -1.20. The van der Waals surface area contributed by atoms with Gasteiger partial charge >= 0.3 is 0 Å². The second-order valence-electron chi connectivity index (χ2n) is 4.61. The first-order chi connectivity index (χ1) is 8.42. The number of hydrogen-bond acceptors (Lipinski definition) is 5. The molecule has 1 aromatic heterocycles. The van der Waals surface area contributed by atoms with Gasteiger partial charge in [0, 0.05) is 30.8 Å². The molecule has 0 radical (unpaired) electrons. The van der Waals surface area contributed by atoms with Gasteiger partial charge in [0.2, 0.25) is 5.88 Å². The van der Waals surface area contributed by atoms with Crippen molar-refractivity contribution in [2.75, 3.05) is 13.2 Å². The molecule has 1 atom stereocenters. The zero-order valence-corrected chi connectivity index (χ0v) is 9.76. The van der Waals surface area contributed by atoms with Crippen LogP contribution in [0.25, 0.3) is 0 Å². The highest BCUT2D eigenvalue weighted by atomic mass is 16.5. The van der Waals surface area contributed by atoms with Crippen molar-refractivity contribution in [1.29, 1.82) is 0 Å². The van der Waals surface area contributed by atoms with Gasteiger partial charge in [-0.05, 0) is 12.8 Å². The molecule has 1 saturated carbocycles. The lowest BCUT2D eigenvalue weighted by Crippen LogP contribution is -2.20. The molecule has 3 rings (SSSR count). The van der Waals surface area contributed by atoms with Crippen molar-refractivity contribution in [2.45, 2.75) is 38.0 Å². The Morgan fingerprint density at radius 3 is 3.12 bits per heavy atom. The van der Waals surface area contributed by atoms with E-state index in [0.29, 0.717) is 18.5 Å². The molecule has 17 heavy (non-hydrogen) atoms. The SMILES string of the molecule is c1ncc(CNC2CC2)c(OC2CCOC2)n1. The molecule has 2 fully saturated rings. The van der Waals surface area contributed by atoms with Crippen LogP contribution in [-0.2, 0) is 11.3 Å². The molecule has 92 valence electrons. The van der Waals surface area contributed by atoms with E-state index in [1.807, 2.05) is 6.20 Å². The summed E-state index contributed by atoms with van der Waals surface area (Å²) >= 11 is 0. The lowest BCUT2D eigenvalue weighted by atomic mass is 10.3. The van der Waals surface area contributed by atoms with Crippen LogP contribution in [0.15, 0.2) is 12.5 Å². The van der Waals surface area contributed by atoms with E-state index in [4.69, 9.17) is 9.47 Å². The molecular formula is C12H17N3O2. The van der Waals surface area contributed by atoms with Gasteiger partial charge in [-0.1, -0.05) is 0 Å². The number of rotatable bonds is 5.